The number of aliphatic hydroxyl groups excluding tert-OH is 1. The Kier molecular flexibility index (Phi) is 3.88. The summed E-state index contributed by atoms with van der Waals surface area (Å²) in [6.07, 6.45) is -0.364. The number of carbonyl (C=O) groups is 1. The van der Waals surface area contributed by atoms with Gasteiger partial charge < -0.3 is 9.84 Å². The molecular formula is C17H17NO3. The molecule has 1 aliphatic heterocycles. The number of cyclic esters (lactones) is 1. The zero-order valence-corrected chi connectivity index (χ0v) is 11.6. The van der Waals surface area contributed by atoms with E-state index < -0.39 is 0 Å². The van der Waals surface area contributed by atoms with Crippen molar-refractivity contribution in [1.29, 1.82) is 0 Å². The number of nitrogens with zero attached hydrogens (tertiary/aromatic N) is 1. The van der Waals surface area contributed by atoms with Crippen LogP contribution in [0, 0.1) is 0 Å². The van der Waals surface area contributed by atoms with Crippen molar-refractivity contribution in [2.24, 2.45) is 0 Å². The first kappa shape index (κ1) is 13.6. The Morgan fingerprint density at radius 2 is 1.81 bits per heavy atom. The van der Waals surface area contributed by atoms with Crippen LogP contribution in [0.4, 0.5) is 4.79 Å². The molecule has 0 bridgehead atoms. The average molecular weight is 283 g/mol. The molecule has 1 fully saturated rings. The molecule has 1 N–H and O–H groups in total. The fourth-order valence-corrected chi connectivity index (χ4v) is 2.58. The van der Waals surface area contributed by atoms with Crippen molar-refractivity contribution in [1.82, 2.24) is 4.90 Å². The third-order valence-corrected chi connectivity index (χ3v) is 3.73. The predicted molar refractivity (Wildman–Crippen MR) is 79.6 cm³/mol. The summed E-state index contributed by atoms with van der Waals surface area (Å²) in [6, 6.07) is 17.8. The maximum Gasteiger partial charge on any atom is 0.410 e. The van der Waals surface area contributed by atoms with Gasteiger partial charge in [0.1, 0.15) is 6.61 Å². The van der Waals surface area contributed by atoms with Crippen molar-refractivity contribution in [2.75, 3.05) is 13.2 Å². The SMILES string of the molecule is O=C1OCC(CO)N1Cc1ccccc1-c1ccccc1. The van der Waals surface area contributed by atoms with E-state index in [0.717, 1.165) is 16.7 Å². The van der Waals surface area contributed by atoms with Gasteiger partial charge >= 0.3 is 6.09 Å². The lowest BCUT2D eigenvalue weighted by Gasteiger charge is -2.21. The average Bonchev–Trinajstić information content (AvgIpc) is 2.89. The second-order valence-corrected chi connectivity index (χ2v) is 5.06. The summed E-state index contributed by atoms with van der Waals surface area (Å²) in [5.41, 5.74) is 3.25. The molecule has 2 aromatic rings. The number of hydrogen-bond acceptors (Lipinski definition) is 3. The van der Waals surface area contributed by atoms with E-state index in [2.05, 4.69) is 0 Å². The van der Waals surface area contributed by atoms with Gasteiger partial charge in [-0.25, -0.2) is 4.79 Å². The number of benzene rings is 2. The molecule has 4 nitrogen and oxygen atoms in total. The molecule has 21 heavy (non-hydrogen) atoms. The lowest BCUT2D eigenvalue weighted by molar-refractivity contribution is 0.151. The number of amides is 1. The summed E-state index contributed by atoms with van der Waals surface area (Å²) in [5, 5.41) is 9.34. The van der Waals surface area contributed by atoms with Crippen LogP contribution in [0.1, 0.15) is 5.56 Å². The largest absolute Gasteiger partial charge is 0.447 e. The number of carbonyl (C=O) groups excluding carboxylic acids is 1. The summed E-state index contributed by atoms with van der Waals surface area (Å²) >= 11 is 0. The van der Waals surface area contributed by atoms with E-state index in [1.165, 1.54) is 0 Å². The van der Waals surface area contributed by atoms with Crippen LogP contribution in [0.3, 0.4) is 0 Å². The molecule has 1 unspecified atom stereocenters. The summed E-state index contributed by atoms with van der Waals surface area (Å²) in [5.74, 6) is 0. The van der Waals surface area contributed by atoms with Crippen molar-refractivity contribution < 1.29 is 14.6 Å². The first-order chi connectivity index (χ1) is 10.3. The summed E-state index contributed by atoms with van der Waals surface area (Å²) in [6.45, 7) is 0.608. The molecule has 1 aliphatic rings. The Morgan fingerprint density at radius 1 is 1.10 bits per heavy atom. The predicted octanol–water partition coefficient (Wildman–Crippen LogP) is 2.67. The Hall–Kier alpha value is -2.33. The summed E-state index contributed by atoms with van der Waals surface area (Å²) in [7, 11) is 0. The lowest BCUT2D eigenvalue weighted by atomic mass is 9.99. The van der Waals surface area contributed by atoms with E-state index in [4.69, 9.17) is 4.74 Å². The second-order valence-electron chi connectivity index (χ2n) is 5.06. The first-order valence-electron chi connectivity index (χ1n) is 6.97. The van der Waals surface area contributed by atoms with Gasteiger partial charge in [0.05, 0.1) is 19.2 Å². The van der Waals surface area contributed by atoms with Gasteiger partial charge in [-0.1, -0.05) is 54.6 Å². The molecule has 0 radical (unpaired) electrons. The molecule has 4 heteroatoms. The van der Waals surface area contributed by atoms with Crippen LogP contribution in [-0.2, 0) is 11.3 Å². The van der Waals surface area contributed by atoms with Crippen molar-refractivity contribution in [3.63, 3.8) is 0 Å². The molecule has 1 atom stereocenters. The smallest absolute Gasteiger partial charge is 0.410 e. The molecule has 0 aromatic heterocycles. The Labute approximate surface area is 123 Å². The zero-order chi connectivity index (χ0) is 14.7. The lowest BCUT2D eigenvalue weighted by Crippen LogP contribution is -2.35. The molecular weight excluding hydrogens is 266 g/mol. The van der Waals surface area contributed by atoms with Crippen LogP contribution < -0.4 is 0 Å². The van der Waals surface area contributed by atoms with Gasteiger partial charge in [-0.05, 0) is 16.7 Å². The highest BCUT2D eigenvalue weighted by atomic mass is 16.6. The van der Waals surface area contributed by atoms with Crippen molar-refractivity contribution in [3.05, 3.63) is 60.2 Å². The minimum Gasteiger partial charge on any atom is -0.447 e. The highest BCUT2D eigenvalue weighted by Crippen LogP contribution is 2.26. The van der Waals surface area contributed by atoms with Gasteiger partial charge in [-0.15, -0.1) is 0 Å². The fraction of sp³-hybridized carbons (Fsp3) is 0.235. The fourth-order valence-electron chi connectivity index (χ4n) is 2.58. The van der Waals surface area contributed by atoms with Gasteiger partial charge in [0.15, 0.2) is 0 Å². The third kappa shape index (κ3) is 2.76. The molecule has 1 saturated heterocycles. The van der Waals surface area contributed by atoms with E-state index in [1.807, 2.05) is 54.6 Å². The number of ether oxygens (including phenoxy) is 1. The monoisotopic (exact) mass is 283 g/mol. The minimum atomic E-state index is -0.364. The maximum absolute atomic E-state index is 11.8. The highest BCUT2D eigenvalue weighted by Gasteiger charge is 2.32. The van der Waals surface area contributed by atoms with Crippen LogP contribution in [0.2, 0.25) is 0 Å². The topological polar surface area (TPSA) is 49.8 Å². The molecule has 3 rings (SSSR count). The third-order valence-electron chi connectivity index (χ3n) is 3.73. The van der Waals surface area contributed by atoms with E-state index in [-0.39, 0.29) is 25.3 Å². The van der Waals surface area contributed by atoms with Gasteiger partial charge in [0, 0.05) is 0 Å². The molecule has 0 saturated carbocycles. The Balaban J connectivity index is 1.91. The summed E-state index contributed by atoms with van der Waals surface area (Å²) < 4.78 is 5.01. The van der Waals surface area contributed by atoms with E-state index in [0.29, 0.717) is 6.54 Å². The van der Waals surface area contributed by atoms with Gasteiger partial charge in [0.2, 0.25) is 0 Å². The Morgan fingerprint density at radius 3 is 2.57 bits per heavy atom. The van der Waals surface area contributed by atoms with Crippen molar-refractivity contribution in [3.8, 4) is 11.1 Å². The van der Waals surface area contributed by atoms with E-state index in [9.17, 15) is 9.90 Å². The normalized spacial score (nSPS) is 17.9. The van der Waals surface area contributed by atoms with Gasteiger partial charge in [-0.3, -0.25) is 4.90 Å². The molecule has 0 aliphatic carbocycles. The minimum absolute atomic E-state index is 0.0841. The maximum atomic E-state index is 11.8. The number of rotatable bonds is 4. The van der Waals surface area contributed by atoms with E-state index in [1.54, 1.807) is 4.90 Å². The second kappa shape index (κ2) is 5.97. The molecule has 0 spiro atoms. The number of aliphatic hydroxyl groups is 1. The van der Waals surface area contributed by atoms with Crippen LogP contribution in [0.25, 0.3) is 11.1 Å². The molecule has 1 amide bonds. The molecule has 2 aromatic carbocycles. The van der Waals surface area contributed by atoms with E-state index >= 15 is 0 Å². The highest BCUT2D eigenvalue weighted by molar-refractivity contribution is 5.72. The number of hydrogen-bond donors (Lipinski definition) is 1. The van der Waals surface area contributed by atoms with Crippen molar-refractivity contribution in [2.45, 2.75) is 12.6 Å². The van der Waals surface area contributed by atoms with Crippen LogP contribution in [0.5, 0.6) is 0 Å². The van der Waals surface area contributed by atoms with Crippen LogP contribution in [0.15, 0.2) is 54.6 Å². The summed E-state index contributed by atoms with van der Waals surface area (Å²) in [4.78, 5) is 13.4. The Bertz CT molecular complexity index is 627. The first-order valence-corrected chi connectivity index (χ1v) is 6.97. The quantitative estimate of drug-likeness (QED) is 0.938. The van der Waals surface area contributed by atoms with Crippen molar-refractivity contribution >= 4 is 6.09 Å². The molecule has 108 valence electrons. The standard InChI is InChI=1S/C17H17NO3/c19-11-15-12-21-17(20)18(15)10-14-8-4-5-9-16(14)13-6-2-1-3-7-13/h1-9,15,19H,10-12H2. The van der Waals surface area contributed by atoms with Crippen LogP contribution in [-0.4, -0.2) is 35.4 Å². The zero-order valence-electron chi connectivity index (χ0n) is 11.6. The van der Waals surface area contributed by atoms with Gasteiger partial charge in [-0.2, -0.15) is 0 Å². The van der Waals surface area contributed by atoms with Crippen LogP contribution >= 0.6 is 0 Å². The van der Waals surface area contributed by atoms with Gasteiger partial charge in [0.25, 0.3) is 0 Å². The molecule has 1 heterocycles.